The summed E-state index contributed by atoms with van der Waals surface area (Å²) in [5, 5.41) is 2.93. The third kappa shape index (κ3) is 4.56. The number of rotatable bonds is 7. The maximum Gasteiger partial charge on any atom is 0.224 e. The minimum Gasteiger partial charge on any atom is -0.493 e. The second-order valence-corrected chi connectivity index (χ2v) is 7.88. The average molecular weight is 480 g/mol. The normalized spacial score (nSPS) is 10.8. The molecule has 4 aromatic rings. The molecule has 2 heterocycles. The first-order valence-corrected chi connectivity index (χ1v) is 10.6. The number of methoxy groups -OCH3 is 2. The standard InChI is InChI=1S/C24H22BrN3O3/c1-30-20-12-10-18(15-21(20)31-2)26-23(29)13-11-19-24(16-6-8-17(25)9-7-16)27-22-5-3-4-14-28(19)22/h3-10,12,14-15H,11,13H2,1-2H3,(H,26,29). The molecular formula is C24H22BrN3O3. The van der Waals surface area contributed by atoms with E-state index in [1.807, 2.05) is 53.1 Å². The number of ether oxygens (including phenoxy) is 2. The van der Waals surface area contributed by atoms with Crippen LogP contribution in [0.3, 0.4) is 0 Å². The molecule has 0 aliphatic carbocycles. The number of carbonyl (C=O) groups excluding carboxylic acids is 1. The third-order valence-electron chi connectivity index (χ3n) is 5.00. The van der Waals surface area contributed by atoms with Gasteiger partial charge in [-0.3, -0.25) is 4.79 Å². The Morgan fingerprint density at radius 3 is 2.55 bits per heavy atom. The van der Waals surface area contributed by atoms with Crippen LogP contribution < -0.4 is 14.8 Å². The Balaban J connectivity index is 1.55. The van der Waals surface area contributed by atoms with Crippen molar-refractivity contribution >= 4 is 33.2 Å². The van der Waals surface area contributed by atoms with Gasteiger partial charge in [-0.1, -0.05) is 34.1 Å². The Kier molecular flexibility index (Phi) is 6.23. The molecule has 1 amide bonds. The number of nitrogens with zero attached hydrogens (tertiary/aromatic N) is 2. The van der Waals surface area contributed by atoms with Crippen LogP contribution in [0.5, 0.6) is 11.5 Å². The minimum absolute atomic E-state index is 0.0835. The molecule has 158 valence electrons. The zero-order valence-electron chi connectivity index (χ0n) is 17.3. The first-order valence-electron chi connectivity index (χ1n) is 9.83. The van der Waals surface area contributed by atoms with Gasteiger partial charge < -0.3 is 19.2 Å². The second-order valence-electron chi connectivity index (χ2n) is 6.96. The molecule has 6 nitrogen and oxygen atoms in total. The van der Waals surface area contributed by atoms with Gasteiger partial charge in [-0.15, -0.1) is 0 Å². The summed E-state index contributed by atoms with van der Waals surface area (Å²) in [5.74, 6) is 1.10. The van der Waals surface area contributed by atoms with Crippen LogP contribution in [0.1, 0.15) is 12.1 Å². The van der Waals surface area contributed by atoms with E-state index in [2.05, 4.69) is 21.2 Å². The summed E-state index contributed by atoms with van der Waals surface area (Å²) in [6.45, 7) is 0. The molecule has 0 fully saturated rings. The van der Waals surface area contributed by atoms with Gasteiger partial charge in [-0.05, 0) is 42.8 Å². The van der Waals surface area contributed by atoms with Gasteiger partial charge in [-0.25, -0.2) is 4.98 Å². The van der Waals surface area contributed by atoms with Gasteiger partial charge in [0.15, 0.2) is 11.5 Å². The molecule has 0 radical (unpaired) electrons. The van der Waals surface area contributed by atoms with Gasteiger partial charge in [0.1, 0.15) is 5.65 Å². The van der Waals surface area contributed by atoms with Crippen LogP contribution in [-0.4, -0.2) is 29.5 Å². The predicted octanol–water partition coefficient (Wildman–Crippen LogP) is 5.35. The lowest BCUT2D eigenvalue weighted by Gasteiger charge is -2.11. The highest BCUT2D eigenvalue weighted by Crippen LogP contribution is 2.30. The monoisotopic (exact) mass is 479 g/mol. The number of nitrogens with one attached hydrogen (secondary N) is 1. The highest BCUT2D eigenvalue weighted by molar-refractivity contribution is 9.10. The number of amides is 1. The molecule has 0 atom stereocenters. The lowest BCUT2D eigenvalue weighted by Crippen LogP contribution is -2.13. The number of hydrogen-bond acceptors (Lipinski definition) is 4. The van der Waals surface area contributed by atoms with Gasteiger partial charge in [0.2, 0.25) is 5.91 Å². The van der Waals surface area contributed by atoms with Crippen LogP contribution in [0.15, 0.2) is 71.3 Å². The number of halogens is 1. The van der Waals surface area contributed by atoms with Crippen molar-refractivity contribution in [1.82, 2.24) is 9.38 Å². The van der Waals surface area contributed by atoms with Crippen LogP contribution in [0.4, 0.5) is 5.69 Å². The van der Waals surface area contributed by atoms with E-state index in [0.29, 0.717) is 30.0 Å². The van der Waals surface area contributed by atoms with Crippen molar-refractivity contribution < 1.29 is 14.3 Å². The van der Waals surface area contributed by atoms with Crippen molar-refractivity contribution in [3.05, 3.63) is 77.0 Å². The summed E-state index contributed by atoms with van der Waals surface area (Å²) >= 11 is 3.48. The quantitative estimate of drug-likeness (QED) is 0.387. The maximum atomic E-state index is 12.7. The van der Waals surface area contributed by atoms with Crippen LogP contribution in [0, 0.1) is 0 Å². The summed E-state index contributed by atoms with van der Waals surface area (Å²) in [5.41, 5.74) is 4.42. The Bertz CT molecular complexity index is 1220. The molecule has 0 bridgehead atoms. The maximum absolute atomic E-state index is 12.7. The van der Waals surface area contributed by atoms with E-state index < -0.39 is 0 Å². The number of fused-ring (bicyclic) bond motifs is 1. The Hall–Kier alpha value is -3.32. The van der Waals surface area contributed by atoms with E-state index in [9.17, 15) is 4.79 Å². The number of imidazole rings is 1. The Morgan fingerprint density at radius 2 is 1.81 bits per heavy atom. The van der Waals surface area contributed by atoms with E-state index in [0.717, 1.165) is 27.1 Å². The molecule has 7 heteroatoms. The number of benzene rings is 2. The zero-order valence-corrected chi connectivity index (χ0v) is 18.8. The van der Waals surface area contributed by atoms with Crippen molar-refractivity contribution in [2.24, 2.45) is 0 Å². The predicted molar refractivity (Wildman–Crippen MR) is 125 cm³/mol. The molecule has 0 aliphatic rings. The summed E-state index contributed by atoms with van der Waals surface area (Å²) < 4.78 is 13.6. The molecule has 1 N–H and O–H groups in total. The highest BCUT2D eigenvalue weighted by Gasteiger charge is 2.16. The summed E-state index contributed by atoms with van der Waals surface area (Å²) in [6.07, 6.45) is 2.85. The molecule has 0 saturated heterocycles. The third-order valence-corrected chi connectivity index (χ3v) is 5.53. The van der Waals surface area contributed by atoms with Crippen molar-refractivity contribution in [2.45, 2.75) is 12.8 Å². The zero-order chi connectivity index (χ0) is 21.8. The molecule has 0 spiro atoms. The van der Waals surface area contributed by atoms with Crippen LogP contribution >= 0.6 is 15.9 Å². The fourth-order valence-electron chi connectivity index (χ4n) is 3.49. The Labute approximate surface area is 189 Å². The smallest absolute Gasteiger partial charge is 0.224 e. The van der Waals surface area contributed by atoms with E-state index >= 15 is 0 Å². The molecule has 0 aliphatic heterocycles. The highest BCUT2D eigenvalue weighted by atomic mass is 79.9. The van der Waals surface area contributed by atoms with E-state index in [-0.39, 0.29) is 5.91 Å². The fraction of sp³-hybridized carbons (Fsp3) is 0.167. The number of hydrogen-bond donors (Lipinski definition) is 1. The van der Waals surface area contributed by atoms with Crippen molar-refractivity contribution in [3.8, 4) is 22.8 Å². The van der Waals surface area contributed by atoms with Crippen molar-refractivity contribution in [3.63, 3.8) is 0 Å². The number of carbonyl (C=O) groups is 1. The molecule has 0 saturated carbocycles. The summed E-state index contributed by atoms with van der Waals surface area (Å²) in [6, 6.07) is 19.2. The van der Waals surface area contributed by atoms with Crippen LogP contribution in [0.25, 0.3) is 16.9 Å². The van der Waals surface area contributed by atoms with Gasteiger partial charge in [0.05, 0.1) is 25.6 Å². The van der Waals surface area contributed by atoms with Gasteiger partial charge in [0, 0.05) is 34.4 Å². The summed E-state index contributed by atoms with van der Waals surface area (Å²) in [7, 11) is 3.15. The lowest BCUT2D eigenvalue weighted by atomic mass is 10.1. The van der Waals surface area contributed by atoms with E-state index in [4.69, 9.17) is 14.5 Å². The van der Waals surface area contributed by atoms with Crippen molar-refractivity contribution in [2.75, 3.05) is 19.5 Å². The van der Waals surface area contributed by atoms with Crippen LogP contribution in [-0.2, 0) is 11.2 Å². The molecule has 2 aromatic heterocycles. The van der Waals surface area contributed by atoms with Gasteiger partial charge >= 0.3 is 0 Å². The van der Waals surface area contributed by atoms with Gasteiger partial charge in [-0.2, -0.15) is 0 Å². The van der Waals surface area contributed by atoms with Crippen LogP contribution in [0.2, 0.25) is 0 Å². The summed E-state index contributed by atoms with van der Waals surface area (Å²) in [4.78, 5) is 17.5. The number of pyridine rings is 1. The molecule has 4 rings (SSSR count). The fourth-order valence-corrected chi connectivity index (χ4v) is 3.76. The molecular weight excluding hydrogens is 458 g/mol. The second kappa shape index (κ2) is 9.22. The molecule has 31 heavy (non-hydrogen) atoms. The number of anilines is 1. The largest absolute Gasteiger partial charge is 0.493 e. The van der Waals surface area contributed by atoms with Crippen molar-refractivity contribution in [1.29, 1.82) is 0 Å². The topological polar surface area (TPSA) is 64.9 Å². The Morgan fingerprint density at radius 1 is 1.03 bits per heavy atom. The SMILES string of the molecule is COc1ccc(NC(=O)CCc2c(-c3ccc(Br)cc3)nc3ccccn23)cc1OC. The number of aromatic nitrogens is 2. The minimum atomic E-state index is -0.0835. The molecule has 2 aromatic carbocycles. The average Bonchev–Trinajstić information content (AvgIpc) is 3.16. The van der Waals surface area contributed by atoms with Gasteiger partial charge in [0.25, 0.3) is 0 Å². The lowest BCUT2D eigenvalue weighted by molar-refractivity contribution is -0.116. The first-order chi connectivity index (χ1) is 15.1. The number of aryl methyl sites for hydroxylation is 1. The first kappa shape index (κ1) is 20.9. The van der Waals surface area contributed by atoms with E-state index in [1.165, 1.54) is 0 Å². The molecule has 0 unspecified atom stereocenters. The van der Waals surface area contributed by atoms with E-state index in [1.54, 1.807) is 32.4 Å².